The number of carbonyl (C=O) groups is 1. The minimum Gasteiger partial charge on any atom is -0.493 e. The van der Waals surface area contributed by atoms with E-state index >= 15 is 0 Å². The minimum absolute atomic E-state index is 0.0240. The van der Waals surface area contributed by atoms with Gasteiger partial charge in [-0.1, -0.05) is 36.7 Å². The summed E-state index contributed by atoms with van der Waals surface area (Å²) in [6.07, 6.45) is 2.25. The van der Waals surface area contributed by atoms with E-state index in [4.69, 9.17) is 21.1 Å². The molecular formula is C21H21ClN2O3. The molecule has 1 atom stereocenters. The maximum atomic E-state index is 12.3. The molecule has 0 spiro atoms. The quantitative estimate of drug-likeness (QED) is 0.534. The Morgan fingerprint density at radius 3 is 2.63 bits per heavy atom. The van der Waals surface area contributed by atoms with Crippen molar-refractivity contribution in [3.05, 3.63) is 58.6 Å². The number of para-hydroxylation sites is 1. The zero-order valence-electron chi connectivity index (χ0n) is 15.5. The molecule has 1 N–H and O–H groups in total. The SMILES string of the molecule is CCC(C)Oc1c(Cl)cc(C=C(C#N)C(=O)Nc2ccccc2)cc1OC. The Bertz CT molecular complexity index is 873. The highest BCUT2D eigenvalue weighted by Gasteiger charge is 2.15. The van der Waals surface area contributed by atoms with Gasteiger partial charge in [-0.05, 0) is 49.2 Å². The third-order valence-electron chi connectivity index (χ3n) is 3.85. The van der Waals surface area contributed by atoms with Gasteiger partial charge in [0.05, 0.1) is 18.2 Å². The highest BCUT2D eigenvalue weighted by Crippen LogP contribution is 2.38. The number of nitrogens with one attached hydrogen (secondary N) is 1. The molecule has 27 heavy (non-hydrogen) atoms. The normalized spacial score (nSPS) is 12.0. The number of anilines is 1. The van der Waals surface area contributed by atoms with E-state index in [0.29, 0.717) is 27.8 Å². The smallest absolute Gasteiger partial charge is 0.266 e. The van der Waals surface area contributed by atoms with Crippen molar-refractivity contribution in [3.8, 4) is 17.6 Å². The van der Waals surface area contributed by atoms with Crippen LogP contribution in [-0.2, 0) is 4.79 Å². The van der Waals surface area contributed by atoms with Crippen LogP contribution in [0.25, 0.3) is 6.08 Å². The Morgan fingerprint density at radius 1 is 1.33 bits per heavy atom. The molecule has 2 rings (SSSR count). The number of halogens is 1. The van der Waals surface area contributed by atoms with Crippen LogP contribution < -0.4 is 14.8 Å². The zero-order valence-corrected chi connectivity index (χ0v) is 16.2. The number of rotatable bonds is 7. The molecule has 2 aromatic rings. The van der Waals surface area contributed by atoms with Gasteiger partial charge in [0.25, 0.3) is 5.91 Å². The molecule has 6 heteroatoms. The first-order chi connectivity index (χ1) is 13.0. The fourth-order valence-electron chi connectivity index (χ4n) is 2.26. The monoisotopic (exact) mass is 384 g/mol. The summed E-state index contributed by atoms with van der Waals surface area (Å²) in [4.78, 5) is 12.3. The third kappa shape index (κ3) is 5.50. The van der Waals surface area contributed by atoms with Crippen molar-refractivity contribution in [1.82, 2.24) is 0 Å². The molecule has 0 fully saturated rings. The van der Waals surface area contributed by atoms with Crippen LogP contribution in [0.4, 0.5) is 5.69 Å². The predicted octanol–water partition coefficient (Wildman–Crippen LogP) is 5.07. The van der Waals surface area contributed by atoms with Gasteiger partial charge in [0.1, 0.15) is 11.6 Å². The van der Waals surface area contributed by atoms with Gasteiger partial charge in [-0.15, -0.1) is 0 Å². The third-order valence-corrected chi connectivity index (χ3v) is 4.13. The zero-order chi connectivity index (χ0) is 19.8. The number of benzene rings is 2. The number of amides is 1. The molecular weight excluding hydrogens is 364 g/mol. The summed E-state index contributed by atoms with van der Waals surface area (Å²) < 4.78 is 11.2. The maximum Gasteiger partial charge on any atom is 0.266 e. The van der Waals surface area contributed by atoms with Crippen LogP contribution in [0.3, 0.4) is 0 Å². The first-order valence-electron chi connectivity index (χ1n) is 8.50. The van der Waals surface area contributed by atoms with E-state index in [1.807, 2.05) is 26.0 Å². The summed E-state index contributed by atoms with van der Waals surface area (Å²) in [6.45, 7) is 3.94. The Morgan fingerprint density at radius 2 is 2.04 bits per heavy atom. The second-order valence-electron chi connectivity index (χ2n) is 5.86. The van der Waals surface area contributed by atoms with Crippen LogP contribution in [0, 0.1) is 11.3 Å². The van der Waals surface area contributed by atoms with E-state index in [2.05, 4.69) is 5.32 Å². The molecule has 0 aliphatic rings. The van der Waals surface area contributed by atoms with Gasteiger partial charge in [-0.3, -0.25) is 4.79 Å². The lowest BCUT2D eigenvalue weighted by molar-refractivity contribution is -0.112. The molecule has 0 saturated heterocycles. The number of nitriles is 1. The molecule has 0 radical (unpaired) electrons. The first-order valence-corrected chi connectivity index (χ1v) is 8.88. The largest absolute Gasteiger partial charge is 0.493 e. The van der Waals surface area contributed by atoms with Crippen LogP contribution in [0.2, 0.25) is 5.02 Å². The topological polar surface area (TPSA) is 71.3 Å². The molecule has 2 aromatic carbocycles. The Kier molecular flexibility index (Phi) is 7.27. The number of ether oxygens (including phenoxy) is 2. The van der Waals surface area contributed by atoms with E-state index < -0.39 is 5.91 Å². The molecule has 5 nitrogen and oxygen atoms in total. The van der Waals surface area contributed by atoms with Gasteiger partial charge in [0, 0.05) is 5.69 Å². The standard InChI is InChI=1S/C21H21ClN2O3/c1-4-14(2)27-20-18(22)11-15(12-19(20)26-3)10-16(13-23)21(25)24-17-8-6-5-7-9-17/h5-12,14H,4H2,1-3H3,(H,24,25). The lowest BCUT2D eigenvalue weighted by Gasteiger charge is -2.17. The Hall–Kier alpha value is -2.97. The molecule has 140 valence electrons. The van der Waals surface area contributed by atoms with Gasteiger partial charge in [-0.25, -0.2) is 0 Å². The fraction of sp³-hybridized carbons (Fsp3) is 0.238. The van der Waals surface area contributed by atoms with Crippen molar-refractivity contribution in [3.63, 3.8) is 0 Å². The Balaban J connectivity index is 2.31. The second-order valence-corrected chi connectivity index (χ2v) is 6.27. The molecule has 0 aliphatic carbocycles. The number of hydrogen-bond acceptors (Lipinski definition) is 4. The summed E-state index contributed by atoms with van der Waals surface area (Å²) in [7, 11) is 1.51. The number of hydrogen-bond donors (Lipinski definition) is 1. The van der Waals surface area contributed by atoms with Crippen molar-refractivity contribution in [2.75, 3.05) is 12.4 Å². The van der Waals surface area contributed by atoms with E-state index in [1.165, 1.54) is 13.2 Å². The lowest BCUT2D eigenvalue weighted by Crippen LogP contribution is -2.13. The van der Waals surface area contributed by atoms with E-state index in [0.717, 1.165) is 6.42 Å². The van der Waals surface area contributed by atoms with Gasteiger partial charge >= 0.3 is 0 Å². The number of methoxy groups -OCH3 is 1. The highest BCUT2D eigenvalue weighted by atomic mass is 35.5. The Labute approximate surface area is 164 Å². The molecule has 0 bridgehead atoms. The van der Waals surface area contributed by atoms with Crippen LogP contribution in [0.1, 0.15) is 25.8 Å². The van der Waals surface area contributed by atoms with Crippen LogP contribution in [-0.4, -0.2) is 19.1 Å². The average Bonchev–Trinajstić information content (AvgIpc) is 2.68. The number of carbonyl (C=O) groups excluding carboxylic acids is 1. The summed E-state index contributed by atoms with van der Waals surface area (Å²) in [6, 6.07) is 14.2. The van der Waals surface area contributed by atoms with Gasteiger partial charge in [-0.2, -0.15) is 5.26 Å². The summed E-state index contributed by atoms with van der Waals surface area (Å²) in [5.41, 5.74) is 1.12. The van der Waals surface area contributed by atoms with E-state index in [-0.39, 0.29) is 11.7 Å². The van der Waals surface area contributed by atoms with Crippen molar-refractivity contribution in [2.45, 2.75) is 26.4 Å². The second kappa shape index (κ2) is 9.65. The lowest BCUT2D eigenvalue weighted by atomic mass is 10.1. The van der Waals surface area contributed by atoms with E-state index in [1.54, 1.807) is 36.4 Å². The van der Waals surface area contributed by atoms with Gasteiger partial charge in [0.2, 0.25) is 0 Å². The van der Waals surface area contributed by atoms with E-state index in [9.17, 15) is 10.1 Å². The van der Waals surface area contributed by atoms with Crippen molar-refractivity contribution in [1.29, 1.82) is 5.26 Å². The fourth-order valence-corrected chi connectivity index (χ4v) is 2.52. The summed E-state index contributed by atoms with van der Waals surface area (Å²) in [5.74, 6) is 0.381. The van der Waals surface area contributed by atoms with Gasteiger partial charge < -0.3 is 14.8 Å². The van der Waals surface area contributed by atoms with Crippen molar-refractivity contribution >= 4 is 29.3 Å². The molecule has 0 saturated carbocycles. The van der Waals surface area contributed by atoms with Gasteiger partial charge in [0.15, 0.2) is 11.5 Å². The first kappa shape index (κ1) is 20.3. The molecule has 0 aromatic heterocycles. The summed E-state index contributed by atoms with van der Waals surface area (Å²) >= 11 is 6.33. The van der Waals surface area contributed by atoms with Crippen LogP contribution in [0.15, 0.2) is 48.0 Å². The minimum atomic E-state index is -0.501. The van der Waals surface area contributed by atoms with Crippen molar-refractivity contribution in [2.24, 2.45) is 0 Å². The average molecular weight is 385 g/mol. The predicted molar refractivity (Wildman–Crippen MR) is 107 cm³/mol. The van der Waals surface area contributed by atoms with Crippen LogP contribution in [0.5, 0.6) is 11.5 Å². The molecule has 1 unspecified atom stereocenters. The highest BCUT2D eigenvalue weighted by molar-refractivity contribution is 6.32. The number of nitrogens with zero attached hydrogens (tertiary/aromatic N) is 1. The molecule has 1 amide bonds. The van der Waals surface area contributed by atoms with Crippen LogP contribution >= 0.6 is 11.6 Å². The summed E-state index contributed by atoms with van der Waals surface area (Å²) in [5, 5.41) is 12.4. The maximum absolute atomic E-state index is 12.3. The molecule has 0 aliphatic heterocycles. The van der Waals surface area contributed by atoms with Crippen molar-refractivity contribution < 1.29 is 14.3 Å². The molecule has 0 heterocycles.